The van der Waals surface area contributed by atoms with Gasteiger partial charge in [0, 0.05) is 5.92 Å². The highest BCUT2D eigenvalue weighted by Gasteiger charge is 2.47. The molecule has 2 unspecified atom stereocenters. The zero-order chi connectivity index (χ0) is 8.06. The summed E-state index contributed by atoms with van der Waals surface area (Å²) in [7, 11) is 0. The maximum Gasteiger partial charge on any atom is 0.158 e. The lowest BCUT2D eigenvalue weighted by atomic mass is 9.74. The Morgan fingerprint density at radius 3 is 2.73 bits per heavy atom. The number of rotatable bonds is 0. The van der Waals surface area contributed by atoms with Gasteiger partial charge in [-0.1, -0.05) is 20.8 Å². The van der Waals surface area contributed by atoms with E-state index in [0.29, 0.717) is 11.5 Å². The van der Waals surface area contributed by atoms with E-state index in [1.165, 1.54) is 18.6 Å². The Hall–Kier alpha value is -0.460. The molecule has 2 rings (SSSR count). The molecule has 2 aliphatic rings. The first-order chi connectivity index (χ1) is 5.09. The van der Waals surface area contributed by atoms with Crippen LogP contribution >= 0.6 is 0 Å². The van der Waals surface area contributed by atoms with Crippen LogP contribution in [0, 0.1) is 11.3 Å². The number of allylic oxidation sites excluding steroid dienone is 1. The largest absolute Gasteiger partial charge is 0.483 e. The molecule has 1 aliphatic heterocycles. The van der Waals surface area contributed by atoms with Crippen molar-refractivity contribution < 1.29 is 4.74 Å². The van der Waals surface area contributed by atoms with E-state index < -0.39 is 0 Å². The van der Waals surface area contributed by atoms with E-state index in [-0.39, 0.29) is 0 Å². The predicted molar refractivity (Wildman–Crippen MR) is 45.1 cm³/mol. The van der Waals surface area contributed by atoms with Crippen LogP contribution in [0.4, 0.5) is 0 Å². The Morgan fingerprint density at radius 2 is 2.18 bits per heavy atom. The van der Waals surface area contributed by atoms with Gasteiger partial charge in [-0.15, -0.1) is 0 Å². The van der Waals surface area contributed by atoms with E-state index in [2.05, 4.69) is 26.8 Å². The average molecular weight is 152 g/mol. The van der Waals surface area contributed by atoms with Crippen molar-refractivity contribution in [1.29, 1.82) is 0 Å². The van der Waals surface area contributed by atoms with Crippen LogP contribution in [0.1, 0.15) is 33.6 Å². The molecule has 0 aromatic carbocycles. The zero-order valence-electron chi connectivity index (χ0n) is 7.55. The fraction of sp³-hybridized carbons (Fsp3) is 0.800. The van der Waals surface area contributed by atoms with Gasteiger partial charge in [-0.2, -0.15) is 0 Å². The molecule has 0 saturated carbocycles. The van der Waals surface area contributed by atoms with E-state index in [4.69, 9.17) is 4.74 Å². The fourth-order valence-corrected chi connectivity index (χ4v) is 2.00. The minimum atomic E-state index is 0.417. The zero-order valence-corrected chi connectivity index (χ0v) is 7.55. The summed E-state index contributed by atoms with van der Waals surface area (Å²) in [5, 5.41) is 0. The van der Waals surface area contributed by atoms with Gasteiger partial charge in [0.25, 0.3) is 0 Å². The molecule has 1 heteroatoms. The Balaban J connectivity index is 2.12. The quantitative estimate of drug-likeness (QED) is 0.486. The third-order valence-electron chi connectivity index (χ3n) is 2.79. The summed E-state index contributed by atoms with van der Waals surface area (Å²) in [6.45, 7) is 6.92. The molecule has 0 spiro atoms. The summed E-state index contributed by atoms with van der Waals surface area (Å²) < 4.78 is 5.48. The lowest BCUT2D eigenvalue weighted by Gasteiger charge is -2.29. The number of ether oxygens (including phenoxy) is 1. The summed E-state index contributed by atoms with van der Waals surface area (Å²) in [6, 6.07) is 0. The molecule has 0 radical (unpaired) electrons. The van der Waals surface area contributed by atoms with Crippen LogP contribution in [0.15, 0.2) is 11.8 Å². The summed E-state index contributed by atoms with van der Waals surface area (Å²) in [6.07, 6.45) is 5.25. The number of hydrogen-bond acceptors (Lipinski definition) is 1. The molecule has 1 saturated heterocycles. The highest BCUT2D eigenvalue weighted by molar-refractivity contribution is 5.20. The van der Waals surface area contributed by atoms with Crippen LogP contribution in [0.3, 0.4) is 0 Å². The maximum absolute atomic E-state index is 5.48. The monoisotopic (exact) mass is 152 g/mol. The van der Waals surface area contributed by atoms with Crippen LogP contribution in [0.25, 0.3) is 0 Å². The summed E-state index contributed by atoms with van der Waals surface area (Å²) in [5.74, 6) is 2.01. The molecular weight excluding hydrogens is 136 g/mol. The Bertz CT molecular complexity index is 197. The topological polar surface area (TPSA) is 12.5 Å². The van der Waals surface area contributed by atoms with E-state index >= 15 is 0 Å². The summed E-state index contributed by atoms with van der Waals surface area (Å²) >= 11 is 0. The number of hydrogen-bond donors (Lipinski definition) is 0. The molecule has 1 aliphatic carbocycles. The normalized spacial score (nSPS) is 35.4. The van der Waals surface area contributed by atoms with Gasteiger partial charge in [0.05, 0.1) is 0 Å². The minimum Gasteiger partial charge on any atom is -0.483 e. The van der Waals surface area contributed by atoms with Crippen LogP contribution in [0.2, 0.25) is 0 Å². The minimum absolute atomic E-state index is 0.417. The van der Waals surface area contributed by atoms with Crippen molar-refractivity contribution in [2.75, 3.05) is 0 Å². The third kappa shape index (κ3) is 1.17. The highest BCUT2D eigenvalue weighted by atomic mass is 16.6. The van der Waals surface area contributed by atoms with Gasteiger partial charge in [-0.25, -0.2) is 0 Å². The van der Waals surface area contributed by atoms with Crippen molar-refractivity contribution in [2.45, 2.75) is 39.7 Å². The first kappa shape index (κ1) is 7.20. The first-order valence-corrected chi connectivity index (χ1v) is 4.46. The van der Waals surface area contributed by atoms with Gasteiger partial charge in [0.1, 0.15) is 5.76 Å². The molecule has 11 heavy (non-hydrogen) atoms. The van der Waals surface area contributed by atoms with Crippen LogP contribution in [-0.2, 0) is 4.74 Å². The molecule has 1 nitrogen and oxygen atoms in total. The molecule has 0 N–H and O–H groups in total. The third-order valence-corrected chi connectivity index (χ3v) is 2.79. The second-order valence-electron chi connectivity index (χ2n) is 4.69. The van der Waals surface area contributed by atoms with E-state index in [1.54, 1.807) is 0 Å². The average Bonchev–Trinajstić information content (AvgIpc) is 2.60. The molecule has 0 aromatic heterocycles. The van der Waals surface area contributed by atoms with E-state index in [1.807, 2.05) is 0 Å². The second-order valence-corrected chi connectivity index (χ2v) is 4.69. The van der Waals surface area contributed by atoms with Gasteiger partial charge >= 0.3 is 0 Å². The van der Waals surface area contributed by atoms with Crippen molar-refractivity contribution in [3.63, 3.8) is 0 Å². The van der Waals surface area contributed by atoms with Gasteiger partial charge in [0.15, 0.2) is 6.10 Å². The predicted octanol–water partition coefficient (Wildman–Crippen LogP) is 2.73. The van der Waals surface area contributed by atoms with Gasteiger partial charge in [-0.05, 0) is 24.3 Å². The van der Waals surface area contributed by atoms with Crippen LogP contribution < -0.4 is 0 Å². The fourth-order valence-electron chi connectivity index (χ4n) is 2.00. The van der Waals surface area contributed by atoms with E-state index in [0.717, 1.165) is 5.92 Å². The first-order valence-electron chi connectivity index (χ1n) is 4.46. The van der Waals surface area contributed by atoms with Crippen molar-refractivity contribution in [3.05, 3.63) is 11.8 Å². The molecule has 0 bridgehead atoms. The Morgan fingerprint density at radius 1 is 1.45 bits per heavy atom. The van der Waals surface area contributed by atoms with E-state index in [9.17, 15) is 0 Å². The van der Waals surface area contributed by atoms with Crippen molar-refractivity contribution >= 4 is 0 Å². The SMILES string of the molecule is CC(C)(C)C1CCC=C2OC21. The smallest absolute Gasteiger partial charge is 0.158 e. The van der Waals surface area contributed by atoms with Crippen molar-refractivity contribution in [1.82, 2.24) is 0 Å². The van der Waals surface area contributed by atoms with Crippen LogP contribution in [0.5, 0.6) is 0 Å². The summed E-state index contributed by atoms with van der Waals surface area (Å²) in [4.78, 5) is 0. The second kappa shape index (κ2) is 2.02. The molecular formula is C10H16O. The van der Waals surface area contributed by atoms with Gasteiger partial charge < -0.3 is 4.74 Å². The van der Waals surface area contributed by atoms with Crippen molar-refractivity contribution in [2.24, 2.45) is 11.3 Å². The summed E-state index contributed by atoms with van der Waals surface area (Å²) in [5.41, 5.74) is 0.417. The number of fused-ring (bicyclic) bond motifs is 1. The lowest BCUT2D eigenvalue weighted by molar-refractivity contribution is 0.175. The Kier molecular flexibility index (Phi) is 1.33. The molecule has 2 atom stereocenters. The number of epoxide rings is 1. The standard InChI is InChI=1S/C10H16O/c1-10(2,3)7-5-4-6-8-9(7)11-8/h6-7,9H,4-5H2,1-3H3. The highest BCUT2D eigenvalue weighted by Crippen LogP contribution is 2.48. The molecule has 1 fully saturated rings. The van der Waals surface area contributed by atoms with Gasteiger partial charge in [0.2, 0.25) is 0 Å². The van der Waals surface area contributed by atoms with Crippen molar-refractivity contribution in [3.8, 4) is 0 Å². The molecule has 62 valence electrons. The lowest BCUT2D eigenvalue weighted by Crippen LogP contribution is -2.26. The molecule has 0 aromatic rings. The molecule has 0 amide bonds. The Labute approximate surface area is 68.4 Å². The maximum atomic E-state index is 5.48. The van der Waals surface area contributed by atoms with Gasteiger partial charge in [-0.3, -0.25) is 0 Å². The van der Waals surface area contributed by atoms with Crippen LogP contribution in [-0.4, -0.2) is 6.10 Å². The molecule has 1 heterocycles.